The summed E-state index contributed by atoms with van der Waals surface area (Å²) in [4.78, 5) is 27.8. The van der Waals surface area contributed by atoms with Gasteiger partial charge in [-0.2, -0.15) is 0 Å². The largest absolute Gasteiger partial charge is 0.487 e. The zero-order chi connectivity index (χ0) is 34.8. The lowest BCUT2D eigenvalue weighted by molar-refractivity contribution is 0.0562. The Hall–Kier alpha value is -3.38. The molecule has 0 bridgehead atoms. The molecule has 1 saturated carbocycles. The minimum Gasteiger partial charge on any atom is -0.487 e. The number of likely N-dealkylation sites (tertiary alicyclic amines) is 1. The number of urea groups is 1. The van der Waals surface area contributed by atoms with Gasteiger partial charge in [-0.3, -0.25) is 4.79 Å². The first-order valence-corrected chi connectivity index (χ1v) is 16.3. The average Bonchev–Trinajstić information content (AvgIpc) is 3.47. The van der Waals surface area contributed by atoms with Gasteiger partial charge < -0.3 is 30.9 Å². The number of hydrogen-bond acceptors (Lipinski definition) is 5. The third-order valence-electron chi connectivity index (χ3n) is 8.39. The summed E-state index contributed by atoms with van der Waals surface area (Å²) in [5.74, 6) is -0.807. The topological polar surface area (TPSA) is 99.9 Å². The van der Waals surface area contributed by atoms with Crippen molar-refractivity contribution in [2.24, 2.45) is 11.7 Å². The maximum absolute atomic E-state index is 12.7. The van der Waals surface area contributed by atoms with Crippen LogP contribution in [0.1, 0.15) is 73.4 Å². The summed E-state index contributed by atoms with van der Waals surface area (Å²) in [6, 6.07) is 6.33. The Kier molecular flexibility index (Phi) is 14.3. The van der Waals surface area contributed by atoms with Crippen molar-refractivity contribution in [3.63, 3.8) is 0 Å². The van der Waals surface area contributed by atoms with E-state index in [1.54, 1.807) is 35.9 Å². The summed E-state index contributed by atoms with van der Waals surface area (Å²) in [5.41, 5.74) is 7.57. The van der Waals surface area contributed by atoms with Gasteiger partial charge in [0.1, 0.15) is 18.2 Å². The maximum Gasteiger partial charge on any atom is 0.317 e. The van der Waals surface area contributed by atoms with Crippen LogP contribution in [-0.2, 0) is 6.54 Å². The van der Waals surface area contributed by atoms with Crippen molar-refractivity contribution in [2.45, 2.75) is 84.2 Å². The summed E-state index contributed by atoms with van der Waals surface area (Å²) >= 11 is 13.1. The van der Waals surface area contributed by atoms with Gasteiger partial charge >= 0.3 is 6.03 Å². The van der Waals surface area contributed by atoms with Crippen molar-refractivity contribution in [3.05, 3.63) is 63.4 Å². The number of primary amides is 1. The lowest BCUT2D eigenvalue weighted by atomic mass is 9.90. The number of nitrogens with two attached hydrogens (primary N) is 1. The van der Waals surface area contributed by atoms with Gasteiger partial charge in [-0.1, -0.05) is 55.1 Å². The number of carbonyl (C=O) groups excluding carboxylic acids is 2. The molecule has 2 fully saturated rings. The van der Waals surface area contributed by atoms with E-state index >= 15 is 0 Å². The van der Waals surface area contributed by atoms with Crippen molar-refractivity contribution < 1.29 is 31.9 Å². The molecule has 1 unspecified atom stereocenters. The van der Waals surface area contributed by atoms with Gasteiger partial charge in [-0.15, -0.1) is 0 Å². The summed E-state index contributed by atoms with van der Waals surface area (Å²) in [6.45, 7) is 7.82. The molecule has 2 aliphatic rings. The molecule has 1 aliphatic heterocycles. The van der Waals surface area contributed by atoms with E-state index in [1.807, 2.05) is 6.92 Å². The quantitative estimate of drug-likeness (QED) is 0.204. The number of ether oxygens (including phenoxy) is 1. The Balaban J connectivity index is 0.000000573. The van der Waals surface area contributed by atoms with Crippen molar-refractivity contribution in [2.75, 3.05) is 30.4 Å². The highest BCUT2D eigenvalue weighted by Crippen LogP contribution is 2.36. The molecular formula is C33H43Cl2F4N5O3. The Bertz CT molecular complexity index is 1410. The molecule has 0 radical (unpaired) electrons. The van der Waals surface area contributed by atoms with Crippen molar-refractivity contribution in [1.29, 1.82) is 0 Å². The molecule has 3 amide bonds. The van der Waals surface area contributed by atoms with Gasteiger partial charge in [0.2, 0.25) is 6.43 Å². The predicted octanol–water partition coefficient (Wildman–Crippen LogP) is 8.59. The van der Waals surface area contributed by atoms with E-state index in [0.717, 1.165) is 51.5 Å². The van der Waals surface area contributed by atoms with Crippen molar-refractivity contribution >= 4 is 46.5 Å². The fourth-order valence-corrected chi connectivity index (χ4v) is 6.15. The van der Waals surface area contributed by atoms with Gasteiger partial charge in [0.15, 0.2) is 0 Å². The second kappa shape index (κ2) is 17.7. The zero-order valence-corrected chi connectivity index (χ0v) is 28.4. The number of halogens is 6. The van der Waals surface area contributed by atoms with E-state index in [9.17, 15) is 27.2 Å². The first-order valence-electron chi connectivity index (χ1n) is 15.6. The van der Waals surface area contributed by atoms with Crippen LogP contribution in [0.5, 0.6) is 5.75 Å². The second-order valence-electron chi connectivity index (χ2n) is 11.8. The third-order valence-corrected chi connectivity index (χ3v) is 9.13. The normalized spacial score (nSPS) is 16.5. The van der Waals surface area contributed by atoms with E-state index in [-0.39, 0.29) is 35.8 Å². The number of nitrogens with one attached hydrogen (secondary N) is 2. The molecule has 14 heteroatoms. The lowest BCUT2D eigenvalue weighted by Crippen LogP contribution is -2.41. The molecule has 1 heterocycles. The monoisotopic (exact) mass is 703 g/mol. The minimum atomic E-state index is -2.73. The number of benzene rings is 2. The molecule has 2 aromatic rings. The number of alkyl halides is 4. The van der Waals surface area contributed by atoms with E-state index in [4.69, 9.17) is 33.7 Å². The van der Waals surface area contributed by atoms with Crippen LogP contribution in [0.2, 0.25) is 10.0 Å². The van der Waals surface area contributed by atoms with Crippen LogP contribution in [0.3, 0.4) is 0 Å². The average molecular weight is 705 g/mol. The number of nitrogens with zero attached hydrogens (tertiary/aromatic N) is 2. The van der Waals surface area contributed by atoms with E-state index < -0.39 is 25.4 Å². The lowest BCUT2D eigenvalue weighted by Gasteiger charge is -2.27. The highest BCUT2D eigenvalue weighted by Gasteiger charge is 2.25. The van der Waals surface area contributed by atoms with E-state index in [0.29, 0.717) is 38.4 Å². The second-order valence-corrected chi connectivity index (χ2v) is 12.6. The third kappa shape index (κ3) is 10.6. The first kappa shape index (κ1) is 38.1. The van der Waals surface area contributed by atoms with Crippen LogP contribution in [-0.4, -0.2) is 55.9 Å². The molecule has 0 aromatic heterocycles. The molecule has 1 saturated heterocycles. The predicted molar refractivity (Wildman–Crippen MR) is 179 cm³/mol. The van der Waals surface area contributed by atoms with Gasteiger partial charge in [0.25, 0.3) is 12.3 Å². The first-order chi connectivity index (χ1) is 22.2. The summed E-state index contributed by atoms with van der Waals surface area (Å²) < 4.78 is 54.5. The molecule has 8 nitrogen and oxygen atoms in total. The van der Waals surface area contributed by atoms with Gasteiger partial charge in [0.05, 0.1) is 21.3 Å². The molecule has 260 valence electrons. The molecule has 47 heavy (non-hydrogen) atoms. The van der Waals surface area contributed by atoms with E-state index in [2.05, 4.69) is 17.2 Å². The number of rotatable bonds is 11. The number of aryl methyl sites for hydroxylation is 1. The highest BCUT2D eigenvalue weighted by molar-refractivity contribution is 6.39. The SMILES string of the molecule is C=C(Nc1c(Cl)ccc(CNC(=O)N2CCCC2C)c1Cl)N(C)c1cc(OCC(F)F)c(C(N)=O)cc1C.FC(F)C1CCCCC1. The standard InChI is InChI=1S/C26H31Cl2F2N5O3.C7H12F2/c1-14-10-18(25(31)36)21(38-13-22(29)30)11-20(14)34(4)16(3)33-24-19(27)8-7-17(23(24)28)12-32-26(37)35-9-5-6-15(35)2;8-7(9)6-4-2-1-3-5-6/h7-8,10-11,15,22,33H,3,5-6,9,12-13H2,1-2,4H3,(H2,31,36)(H,32,37);6-7H,1-5H2. The fraction of sp³-hybridized carbons (Fsp3) is 0.515. The van der Waals surface area contributed by atoms with Crippen LogP contribution >= 0.6 is 23.2 Å². The molecule has 4 rings (SSSR count). The number of amides is 3. The molecule has 1 aliphatic carbocycles. The van der Waals surface area contributed by atoms with Crippen LogP contribution in [0.4, 0.5) is 33.7 Å². The van der Waals surface area contributed by atoms with Gasteiger partial charge in [-0.05, 0) is 62.8 Å². The minimum absolute atomic E-state index is 0.0111. The summed E-state index contributed by atoms with van der Waals surface area (Å²) in [6.07, 6.45) is 1.83. The fourth-order valence-electron chi connectivity index (χ4n) is 5.62. The molecule has 4 N–H and O–H groups in total. The summed E-state index contributed by atoms with van der Waals surface area (Å²) in [7, 11) is 1.68. The Morgan fingerprint density at radius 1 is 1.11 bits per heavy atom. The van der Waals surface area contributed by atoms with Crippen LogP contribution < -0.4 is 26.0 Å². The van der Waals surface area contributed by atoms with Crippen LogP contribution in [0.15, 0.2) is 36.7 Å². The summed E-state index contributed by atoms with van der Waals surface area (Å²) in [5, 5.41) is 6.63. The molecule has 1 atom stereocenters. The number of hydrogen-bond donors (Lipinski definition) is 3. The molecular weight excluding hydrogens is 661 g/mol. The van der Waals surface area contributed by atoms with Crippen molar-refractivity contribution in [3.8, 4) is 5.75 Å². The van der Waals surface area contributed by atoms with E-state index in [1.165, 1.54) is 12.1 Å². The van der Waals surface area contributed by atoms with Gasteiger partial charge in [0, 0.05) is 43.9 Å². The zero-order valence-electron chi connectivity index (χ0n) is 26.9. The van der Waals surface area contributed by atoms with Crippen molar-refractivity contribution in [1.82, 2.24) is 10.2 Å². The maximum atomic E-state index is 12.7. The highest BCUT2D eigenvalue weighted by atomic mass is 35.5. The van der Waals surface area contributed by atoms with Crippen LogP contribution in [0.25, 0.3) is 0 Å². The Morgan fingerprint density at radius 3 is 2.34 bits per heavy atom. The van der Waals surface area contributed by atoms with Gasteiger partial charge in [-0.25, -0.2) is 22.4 Å². The number of carbonyl (C=O) groups is 2. The molecule has 0 spiro atoms. The Labute approximate surface area is 283 Å². The Morgan fingerprint density at radius 2 is 1.79 bits per heavy atom. The molecule has 2 aromatic carbocycles. The smallest absolute Gasteiger partial charge is 0.317 e. The van der Waals surface area contributed by atoms with Crippen LogP contribution in [0, 0.1) is 12.8 Å². The number of anilines is 2.